The molecule has 0 atom stereocenters. The highest BCUT2D eigenvalue weighted by molar-refractivity contribution is 5.85. The number of aromatic nitrogens is 2. The molecule has 0 fully saturated rings. The van der Waals surface area contributed by atoms with Crippen LogP contribution >= 0.6 is 12.4 Å². The van der Waals surface area contributed by atoms with Gasteiger partial charge in [0.1, 0.15) is 5.75 Å². The number of nitrogens with zero attached hydrogens (tertiary/aromatic N) is 2. The first-order valence-electron chi connectivity index (χ1n) is 7.82. The molecule has 0 aliphatic carbocycles. The van der Waals surface area contributed by atoms with Crippen LogP contribution in [0.2, 0.25) is 0 Å². The summed E-state index contributed by atoms with van der Waals surface area (Å²) >= 11 is 0. The lowest BCUT2D eigenvalue weighted by Gasteiger charge is -2.06. The third-order valence-electron chi connectivity index (χ3n) is 3.54. The van der Waals surface area contributed by atoms with Crippen molar-refractivity contribution in [2.45, 2.75) is 13.0 Å². The van der Waals surface area contributed by atoms with E-state index in [9.17, 15) is 0 Å². The highest BCUT2D eigenvalue weighted by Gasteiger charge is 1.95. The van der Waals surface area contributed by atoms with Crippen LogP contribution in [0.1, 0.15) is 17.5 Å². The van der Waals surface area contributed by atoms with Gasteiger partial charge in [-0.05, 0) is 29.7 Å². The monoisotopic (exact) mass is 340 g/mol. The summed E-state index contributed by atoms with van der Waals surface area (Å²) in [7, 11) is 0. The zero-order valence-electron chi connectivity index (χ0n) is 13.4. The van der Waals surface area contributed by atoms with Crippen LogP contribution in [0.25, 0.3) is 12.2 Å². The maximum atomic E-state index is 5.76. The van der Waals surface area contributed by atoms with Crippen LogP contribution in [0.15, 0.2) is 73.3 Å². The molecule has 24 heavy (non-hydrogen) atoms. The Balaban J connectivity index is 0.00000208. The Morgan fingerprint density at radius 1 is 0.917 bits per heavy atom. The minimum atomic E-state index is 0. The van der Waals surface area contributed by atoms with Crippen LogP contribution in [-0.4, -0.2) is 16.2 Å². The van der Waals surface area contributed by atoms with Gasteiger partial charge in [0.25, 0.3) is 0 Å². The van der Waals surface area contributed by atoms with E-state index in [0.717, 1.165) is 18.7 Å². The molecule has 0 aliphatic heterocycles. The topological polar surface area (TPSA) is 27.1 Å². The van der Waals surface area contributed by atoms with Crippen molar-refractivity contribution < 1.29 is 4.74 Å². The lowest BCUT2D eigenvalue weighted by atomic mass is 10.1. The molecule has 0 aliphatic rings. The maximum absolute atomic E-state index is 5.76. The molecule has 3 nitrogen and oxygen atoms in total. The number of imidazole rings is 1. The number of ether oxygens (including phenoxy) is 1. The lowest BCUT2D eigenvalue weighted by Crippen LogP contribution is -2.02. The quantitative estimate of drug-likeness (QED) is 0.449. The molecule has 0 unspecified atom stereocenters. The number of hydrogen-bond donors (Lipinski definition) is 0. The van der Waals surface area contributed by atoms with E-state index in [0.29, 0.717) is 6.61 Å². The third kappa shape index (κ3) is 5.60. The van der Waals surface area contributed by atoms with Crippen molar-refractivity contribution in [2.24, 2.45) is 0 Å². The van der Waals surface area contributed by atoms with Crippen LogP contribution in [0.4, 0.5) is 0 Å². The van der Waals surface area contributed by atoms with Crippen molar-refractivity contribution in [1.29, 1.82) is 0 Å². The van der Waals surface area contributed by atoms with Gasteiger partial charge in [0.2, 0.25) is 0 Å². The van der Waals surface area contributed by atoms with Gasteiger partial charge in [-0.25, -0.2) is 4.98 Å². The van der Waals surface area contributed by atoms with E-state index in [4.69, 9.17) is 4.74 Å². The average molecular weight is 341 g/mol. The fourth-order valence-electron chi connectivity index (χ4n) is 2.29. The minimum Gasteiger partial charge on any atom is -0.494 e. The summed E-state index contributed by atoms with van der Waals surface area (Å²) in [5.74, 6) is 0.910. The van der Waals surface area contributed by atoms with Gasteiger partial charge in [0.15, 0.2) is 0 Å². The molecule has 3 aromatic rings. The first-order chi connectivity index (χ1) is 11.4. The standard InChI is InChI=1S/C20H20N2O.ClH/c1-2-5-18(6-3-1)7-8-19-9-11-20(12-10-19)23-16-4-14-22-15-13-21-17-22;/h1-3,5-13,15,17H,4,14,16H2;1H. The van der Waals surface area contributed by atoms with Crippen LogP contribution in [0.3, 0.4) is 0 Å². The van der Waals surface area contributed by atoms with Crippen molar-refractivity contribution in [1.82, 2.24) is 9.55 Å². The van der Waals surface area contributed by atoms with Gasteiger partial charge in [-0.3, -0.25) is 0 Å². The molecule has 0 saturated carbocycles. The SMILES string of the molecule is C(=Cc1ccc(OCCCn2ccnc2)cc1)c1ccccc1.Cl. The molecule has 0 amide bonds. The van der Waals surface area contributed by atoms with Crippen molar-refractivity contribution >= 4 is 24.6 Å². The fourth-order valence-corrected chi connectivity index (χ4v) is 2.29. The zero-order chi connectivity index (χ0) is 15.7. The second-order valence-electron chi connectivity index (χ2n) is 5.32. The molecule has 0 radical (unpaired) electrons. The molecular formula is C20H21ClN2O. The molecule has 0 spiro atoms. The molecule has 1 heterocycles. The summed E-state index contributed by atoms with van der Waals surface area (Å²) in [6.45, 7) is 1.63. The van der Waals surface area contributed by atoms with Crippen molar-refractivity contribution in [3.05, 3.63) is 84.4 Å². The third-order valence-corrected chi connectivity index (χ3v) is 3.54. The summed E-state index contributed by atoms with van der Waals surface area (Å²) in [4.78, 5) is 4.02. The van der Waals surface area contributed by atoms with E-state index in [2.05, 4.69) is 46.0 Å². The highest BCUT2D eigenvalue weighted by Crippen LogP contribution is 2.15. The number of halogens is 1. The summed E-state index contributed by atoms with van der Waals surface area (Å²) in [5, 5.41) is 0. The average Bonchev–Trinajstić information content (AvgIpc) is 3.12. The summed E-state index contributed by atoms with van der Waals surface area (Å²) < 4.78 is 7.82. The van der Waals surface area contributed by atoms with Crippen LogP contribution in [0, 0.1) is 0 Å². The fraction of sp³-hybridized carbons (Fsp3) is 0.150. The van der Waals surface area contributed by atoms with Gasteiger partial charge in [0.05, 0.1) is 12.9 Å². The predicted molar refractivity (Wildman–Crippen MR) is 101 cm³/mol. The second-order valence-corrected chi connectivity index (χ2v) is 5.32. The summed E-state index contributed by atoms with van der Waals surface area (Å²) in [6.07, 6.45) is 10.8. The Morgan fingerprint density at radius 2 is 1.62 bits per heavy atom. The molecule has 0 N–H and O–H groups in total. The molecule has 1 aromatic heterocycles. The number of aryl methyl sites for hydroxylation is 1. The normalized spacial score (nSPS) is 10.5. The lowest BCUT2D eigenvalue weighted by molar-refractivity contribution is 0.302. The molecular weight excluding hydrogens is 320 g/mol. The van der Waals surface area contributed by atoms with E-state index in [1.165, 1.54) is 11.1 Å². The molecule has 2 aromatic carbocycles. The molecule has 4 heteroatoms. The van der Waals surface area contributed by atoms with E-state index < -0.39 is 0 Å². The van der Waals surface area contributed by atoms with Crippen LogP contribution in [-0.2, 0) is 6.54 Å². The number of benzene rings is 2. The van der Waals surface area contributed by atoms with E-state index in [1.54, 1.807) is 6.20 Å². The minimum absolute atomic E-state index is 0. The Kier molecular flexibility index (Phi) is 7.12. The van der Waals surface area contributed by atoms with E-state index >= 15 is 0 Å². The Labute approximate surface area is 149 Å². The van der Waals surface area contributed by atoms with E-state index in [-0.39, 0.29) is 12.4 Å². The largest absolute Gasteiger partial charge is 0.494 e. The van der Waals surface area contributed by atoms with Crippen molar-refractivity contribution in [3.8, 4) is 5.75 Å². The highest BCUT2D eigenvalue weighted by atomic mass is 35.5. The first-order valence-corrected chi connectivity index (χ1v) is 7.82. The van der Waals surface area contributed by atoms with Gasteiger partial charge in [-0.15, -0.1) is 12.4 Å². The molecule has 0 bridgehead atoms. The van der Waals surface area contributed by atoms with Crippen molar-refractivity contribution in [3.63, 3.8) is 0 Å². The molecule has 0 saturated heterocycles. The Bertz CT molecular complexity index is 722. The Morgan fingerprint density at radius 3 is 2.29 bits per heavy atom. The summed E-state index contributed by atoms with van der Waals surface area (Å²) in [5.41, 5.74) is 2.37. The van der Waals surface area contributed by atoms with Gasteiger partial charge in [-0.1, -0.05) is 54.6 Å². The first kappa shape index (κ1) is 17.8. The molecule has 124 valence electrons. The smallest absolute Gasteiger partial charge is 0.119 e. The predicted octanol–water partition coefficient (Wildman–Crippen LogP) is 4.94. The zero-order valence-corrected chi connectivity index (χ0v) is 14.2. The number of rotatable bonds is 7. The van der Waals surface area contributed by atoms with E-state index in [1.807, 2.05) is 42.9 Å². The Hall–Kier alpha value is -2.52. The van der Waals surface area contributed by atoms with Gasteiger partial charge < -0.3 is 9.30 Å². The maximum Gasteiger partial charge on any atom is 0.119 e. The van der Waals surface area contributed by atoms with Crippen molar-refractivity contribution in [2.75, 3.05) is 6.61 Å². The van der Waals surface area contributed by atoms with Crippen LogP contribution in [0.5, 0.6) is 5.75 Å². The van der Waals surface area contributed by atoms with Gasteiger partial charge in [-0.2, -0.15) is 0 Å². The second kappa shape index (κ2) is 9.58. The summed E-state index contributed by atoms with van der Waals surface area (Å²) in [6, 6.07) is 18.5. The van der Waals surface area contributed by atoms with Gasteiger partial charge >= 0.3 is 0 Å². The molecule has 3 rings (SSSR count). The number of hydrogen-bond acceptors (Lipinski definition) is 2. The van der Waals surface area contributed by atoms with Crippen LogP contribution < -0.4 is 4.74 Å². The van der Waals surface area contributed by atoms with Gasteiger partial charge in [0, 0.05) is 18.9 Å².